The van der Waals surface area contributed by atoms with Gasteiger partial charge in [-0.25, -0.2) is 0 Å². The van der Waals surface area contributed by atoms with Crippen LogP contribution in [0.15, 0.2) is 182 Å². The fourth-order valence-corrected chi connectivity index (χ4v) is 9.72. The van der Waals surface area contributed by atoms with Crippen molar-refractivity contribution in [3.63, 3.8) is 0 Å². The van der Waals surface area contributed by atoms with E-state index in [0.29, 0.717) is 0 Å². The van der Waals surface area contributed by atoms with Crippen molar-refractivity contribution >= 4 is 38.9 Å². The van der Waals surface area contributed by atoms with Crippen LogP contribution in [0.25, 0.3) is 49.7 Å². The summed E-state index contributed by atoms with van der Waals surface area (Å²) < 4.78 is 8.77. The third-order valence-corrected chi connectivity index (χ3v) is 11.9. The summed E-state index contributed by atoms with van der Waals surface area (Å²) in [4.78, 5) is 2.40. The highest BCUT2D eigenvalue weighted by atomic mass is 16.5. The van der Waals surface area contributed by atoms with Gasteiger partial charge in [0.05, 0.1) is 22.6 Å². The Labute approximate surface area is 327 Å². The molecular weight excluding hydrogens is 681 g/mol. The Balaban J connectivity index is 1.12. The fraction of sp³-hybridized carbons (Fsp3) is 0.0943. The van der Waals surface area contributed by atoms with E-state index in [1.54, 1.807) is 0 Å². The minimum atomic E-state index is -0.502. The van der Waals surface area contributed by atoms with Crippen LogP contribution in [0.4, 0.5) is 17.1 Å². The van der Waals surface area contributed by atoms with Crippen molar-refractivity contribution in [1.29, 1.82) is 0 Å². The monoisotopic (exact) mass is 720 g/mol. The average Bonchev–Trinajstić information content (AvgIpc) is 3.82. The molecule has 0 fully saturated rings. The largest absolute Gasteiger partial charge is 0.491 e. The molecule has 1 heterocycles. The molecule has 9 aromatic rings. The molecule has 8 aromatic carbocycles. The third kappa shape index (κ3) is 4.64. The van der Waals surface area contributed by atoms with Crippen LogP contribution in [0.2, 0.25) is 0 Å². The molecule has 0 bridgehead atoms. The van der Waals surface area contributed by atoms with E-state index in [0.717, 1.165) is 28.5 Å². The van der Waals surface area contributed by atoms with Crippen LogP contribution in [-0.2, 0) is 5.41 Å². The Morgan fingerprint density at radius 2 is 1.00 bits per heavy atom. The second-order valence-electron chi connectivity index (χ2n) is 15.5. The van der Waals surface area contributed by atoms with Gasteiger partial charge in [0.2, 0.25) is 0 Å². The third-order valence-electron chi connectivity index (χ3n) is 11.9. The van der Waals surface area contributed by atoms with E-state index in [9.17, 15) is 0 Å². The molecule has 11 rings (SSSR count). The SMILES string of the molecule is Cc1ccc2c(c1)C1(c3ccccc3-c3ccc(N(c4ccccc4)c4ccc(-n5c6ccccc6c6ccccc65)cc4)cc31)c1cc(OC(C)C)ccc1-2. The molecule has 0 N–H and O–H groups in total. The summed E-state index contributed by atoms with van der Waals surface area (Å²) in [5, 5.41) is 2.53. The van der Waals surface area contributed by atoms with Crippen molar-refractivity contribution in [2.45, 2.75) is 32.3 Å². The number of fused-ring (bicyclic) bond motifs is 13. The van der Waals surface area contributed by atoms with Crippen LogP contribution < -0.4 is 9.64 Å². The first kappa shape index (κ1) is 32.6. The van der Waals surface area contributed by atoms with Gasteiger partial charge in [-0.05, 0) is 138 Å². The van der Waals surface area contributed by atoms with Crippen molar-refractivity contribution in [2.75, 3.05) is 4.90 Å². The summed E-state index contributed by atoms with van der Waals surface area (Å²) in [5.74, 6) is 0.902. The predicted octanol–water partition coefficient (Wildman–Crippen LogP) is 13.7. The van der Waals surface area contributed by atoms with E-state index in [-0.39, 0.29) is 6.10 Å². The molecule has 2 aliphatic carbocycles. The van der Waals surface area contributed by atoms with E-state index in [2.05, 4.69) is 212 Å². The zero-order chi connectivity index (χ0) is 37.5. The summed E-state index contributed by atoms with van der Waals surface area (Å²) in [6.45, 7) is 6.41. The maximum atomic E-state index is 6.39. The zero-order valence-corrected chi connectivity index (χ0v) is 31.7. The maximum Gasteiger partial charge on any atom is 0.120 e. The van der Waals surface area contributed by atoms with Gasteiger partial charge >= 0.3 is 0 Å². The van der Waals surface area contributed by atoms with E-state index in [1.165, 1.54) is 71.9 Å². The van der Waals surface area contributed by atoms with E-state index in [1.807, 2.05) is 0 Å². The number of anilines is 3. The fourth-order valence-electron chi connectivity index (χ4n) is 9.72. The highest BCUT2D eigenvalue weighted by molar-refractivity contribution is 6.09. The number of aromatic nitrogens is 1. The molecule has 0 saturated heterocycles. The average molecular weight is 721 g/mol. The summed E-state index contributed by atoms with van der Waals surface area (Å²) in [6.07, 6.45) is 0.0746. The van der Waals surface area contributed by atoms with Crippen molar-refractivity contribution in [3.8, 4) is 33.7 Å². The lowest BCUT2D eigenvalue weighted by molar-refractivity contribution is 0.242. The van der Waals surface area contributed by atoms with Gasteiger partial charge in [0.25, 0.3) is 0 Å². The van der Waals surface area contributed by atoms with Crippen molar-refractivity contribution in [1.82, 2.24) is 4.57 Å². The molecule has 1 spiro atoms. The number of hydrogen-bond donors (Lipinski definition) is 0. The van der Waals surface area contributed by atoms with E-state index in [4.69, 9.17) is 4.74 Å². The maximum absolute atomic E-state index is 6.39. The number of nitrogens with zero attached hydrogens (tertiary/aromatic N) is 2. The number of ether oxygens (including phenoxy) is 1. The number of rotatable bonds is 6. The summed E-state index contributed by atoms with van der Waals surface area (Å²) in [5.41, 5.74) is 18.0. The molecular formula is C53H40N2O. The number of aryl methyl sites for hydroxylation is 1. The lowest BCUT2D eigenvalue weighted by Gasteiger charge is -2.32. The van der Waals surface area contributed by atoms with Gasteiger partial charge in [-0.1, -0.05) is 115 Å². The highest BCUT2D eigenvalue weighted by Crippen LogP contribution is 2.64. The molecule has 268 valence electrons. The van der Waals surface area contributed by atoms with Crippen molar-refractivity contribution in [3.05, 3.63) is 210 Å². The van der Waals surface area contributed by atoms with Crippen LogP contribution in [0, 0.1) is 6.92 Å². The molecule has 3 nitrogen and oxygen atoms in total. The number of hydrogen-bond acceptors (Lipinski definition) is 2. The minimum absolute atomic E-state index is 0.0746. The normalized spacial score (nSPS) is 14.9. The topological polar surface area (TPSA) is 17.4 Å². The molecule has 0 amide bonds. The summed E-state index contributed by atoms with van der Waals surface area (Å²) in [7, 11) is 0. The summed E-state index contributed by atoms with van der Waals surface area (Å²) in [6, 6.07) is 67.0. The first-order valence-electron chi connectivity index (χ1n) is 19.6. The lowest BCUT2D eigenvalue weighted by atomic mass is 9.70. The molecule has 2 aliphatic rings. The quantitative estimate of drug-likeness (QED) is 0.170. The number of benzene rings is 8. The molecule has 0 saturated carbocycles. The lowest BCUT2D eigenvalue weighted by Crippen LogP contribution is -2.26. The van der Waals surface area contributed by atoms with Crippen molar-refractivity contribution < 1.29 is 4.74 Å². The van der Waals surface area contributed by atoms with Gasteiger partial charge in [-0.2, -0.15) is 0 Å². The van der Waals surface area contributed by atoms with Crippen molar-refractivity contribution in [2.24, 2.45) is 0 Å². The van der Waals surface area contributed by atoms with Gasteiger partial charge in [0.15, 0.2) is 0 Å². The van der Waals surface area contributed by atoms with Crippen LogP contribution in [-0.4, -0.2) is 10.7 Å². The molecule has 3 heteroatoms. The van der Waals surface area contributed by atoms with E-state index < -0.39 is 5.41 Å². The molecule has 0 aliphatic heterocycles. The zero-order valence-electron chi connectivity index (χ0n) is 31.7. The first-order chi connectivity index (χ1) is 27.5. The van der Waals surface area contributed by atoms with Gasteiger partial charge in [-0.15, -0.1) is 0 Å². The second-order valence-corrected chi connectivity index (χ2v) is 15.5. The van der Waals surface area contributed by atoms with Gasteiger partial charge < -0.3 is 14.2 Å². The summed E-state index contributed by atoms with van der Waals surface area (Å²) >= 11 is 0. The standard InChI is InChI=1S/C53H40N2O/c1-34(2)56-40-27-30-44-42-28-21-35(3)31-48(42)53(50(44)33-40)47-18-10-7-15-41(47)43-29-26-39(32-49(43)53)54(36-13-5-4-6-14-36)37-22-24-38(25-23-37)55-51-19-11-8-16-45(51)46-17-9-12-20-52(46)55/h4-34H,1-3H3. The van der Waals surface area contributed by atoms with Crippen LogP contribution >= 0.6 is 0 Å². The first-order valence-corrected chi connectivity index (χ1v) is 19.6. The van der Waals surface area contributed by atoms with Gasteiger partial charge in [0.1, 0.15) is 5.75 Å². The molecule has 0 radical (unpaired) electrons. The van der Waals surface area contributed by atoms with Gasteiger partial charge in [0, 0.05) is 33.5 Å². The smallest absolute Gasteiger partial charge is 0.120 e. The Morgan fingerprint density at radius 1 is 0.464 bits per heavy atom. The van der Waals surface area contributed by atoms with E-state index >= 15 is 0 Å². The Bertz CT molecular complexity index is 2940. The van der Waals surface area contributed by atoms with Crippen LogP contribution in [0.3, 0.4) is 0 Å². The Hall–Kier alpha value is -6.84. The minimum Gasteiger partial charge on any atom is -0.491 e. The second kappa shape index (κ2) is 12.3. The highest BCUT2D eigenvalue weighted by Gasteiger charge is 2.52. The predicted molar refractivity (Wildman–Crippen MR) is 232 cm³/mol. The molecule has 56 heavy (non-hydrogen) atoms. The Kier molecular flexibility index (Phi) is 7.18. The van der Waals surface area contributed by atoms with Crippen LogP contribution in [0.5, 0.6) is 5.75 Å². The molecule has 1 atom stereocenters. The molecule has 1 aromatic heterocycles. The number of para-hydroxylation sites is 3. The van der Waals surface area contributed by atoms with Crippen LogP contribution in [0.1, 0.15) is 41.7 Å². The molecule has 1 unspecified atom stereocenters. The van der Waals surface area contributed by atoms with Gasteiger partial charge in [-0.3, -0.25) is 0 Å². The Morgan fingerprint density at radius 3 is 1.71 bits per heavy atom.